The van der Waals surface area contributed by atoms with Gasteiger partial charge in [-0.25, -0.2) is 0 Å². The molecule has 1 atom stereocenters. The van der Waals surface area contributed by atoms with Gasteiger partial charge in [0.05, 0.1) is 11.0 Å². The number of non-ortho nitro benzene ring substituents is 1. The van der Waals surface area contributed by atoms with E-state index < -0.39 is 4.92 Å². The van der Waals surface area contributed by atoms with Crippen LogP contribution < -0.4 is 5.32 Å². The van der Waals surface area contributed by atoms with Crippen LogP contribution >= 0.6 is 0 Å². The third-order valence-corrected chi connectivity index (χ3v) is 3.85. The van der Waals surface area contributed by atoms with Crippen LogP contribution in [0, 0.1) is 10.1 Å². The van der Waals surface area contributed by atoms with Gasteiger partial charge < -0.3 is 15.0 Å². The summed E-state index contributed by atoms with van der Waals surface area (Å²) in [5.74, 6) is -0.151. The van der Waals surface area contributed by atoms with Crippen LogP contribution in [0.25, 0.3) is 0 Å². The van der Waals surface area contributed by atoms with E-state index in [1.807, 2.05) is 7.05 Å². The van der Waals surface area contributed by atoms with Gasteiger partial charge in [-0.15, -0.1) is 0 Å². The molecule has 1 aliphatic rings. The molecule has 1 saturated heterocycles. The summed E-state index contributed by atoms with van der Waals surface area (Å²) in [4.78, 5) is 24.3. The van der Waals surface area contributed by atoms with Crippen LogP contribution in [-0.4, -0.2) is 48.6 Å². The first-order valence-corrected chi connectivity index (χ1v) is 7.89. The fraction of sp³-hybridized carbons (Fsp3) is 0.562. The average Bonchev–Trinajstić information content (AvgIpc) is 2.54. The second kappa shape index (κ2) is 8.59. The molecule has 126 valence electrons. The Balaban J connectivity index is 1.73. The Hall–Kier alpha value is -1.99. The van der Waals surface area contributed by atoms with Crippen molar-refractivity contribution in [2.75, 3.05) is 32.1 Å². The number of rotatable bonds is 7. The molecule has 0 aliphatic carbocycles. The van der Waals surface area contributed by atoms with E-state index in [4.69, 9.17) is 4.74 Å². The molecule has 1 N–H and O–H groups in total. The minimum absolute atomic E-state index is 0.0330. The van der Waals surface area contributed by atoms with Crippen LogP contribution in [0.15, 0.2) is 24.3 Å². The lowest BCUT2D eigenvalue weighted by molar-refractivity contribution is -0.384. The quantitative estimate of drug-likeness (QED) is 0.616. The Bertz CT molecular complexity index is 544. The first kappa shape index (κ1) is 17.4. The third kappa shape index (κ3) is 5.96. The highest BCUT2D eigenvalue weighted by Crippen LogP contribution is 2.17. The van der Waals surface area contributed by atoms with Crippen molar-refractivity contribution in [2.24, 2.45) is 0 Å². The van der Waals surface area contributed by atoms with Crippen LogP contribution in [0.2, 0.25) is 0 Å². The third-order valence-electron chi connectivity index (χ3n) is 3.85. The second-order valence-corrected chi connectivity index (χ2v) is 5.86. The average molecular weight is 321 g/mol. The summed E-state index contributed by atoms with van der Waals surface area (Å²) in [5, 5.41) is 13.4. The summed E-state index contributed by atoms with van der Waals surface area (Å²) in [7, 11) is 1.97. The van der Waals surface area contributed by atoms with Crippen molar-refractivity contribution < 1.29 is 14.5 Å². The Morgan fingerprint density at radius 1 is 1.48 bits per heavy atom. The van der Waals surface area contributed by atoms with Crippen molar-refractivity contribution in [1.29, 1.82) is 0 Å². The zero-order chi connectivity index (χ0) is 16.7. The van der Waals surface area contributed by atoms with Gasteiger partial charge in [-0.05, 0) is 32.4 Å². The standard InChI is InChI=1S/C16H23N3O4/c1-18(12-15-7-2-3-10-23-15)9-8-16(20)17-13-5-4-6-14(11-13)19(21)22/h4-6,11,15H,2-3,7-10,12H2,1H3,(H,17,20)/t15-/m0/s1. The number of benzene rings is 1. The zero-order valence-electron chi connectivity index (χ0n) is 13.4. The molecule has 1 aromatic carbocycles. The molecule has 0 saturated carbocycles. The molecule has 1 heterocycles. The minimum Gasteiger partial charge on any atom is -0.377 e. The summed E-state index contributed by atoms with van der Waals surface area (Å²) >= 11 is 0. The Kier molecular flexibility index (Phi) is 6.49. The summed E-state index contributed by atoms with van der Waals surface area (Å²) in [5.41, 5.74) is 0.414. The number of carbonyl (C=O) groups excluding carboxylic acids is 1. The van der Waals surface area contributed by atoms with Gasteiger partial charge in [0.15, 0.2) is 0 Å². The molecule has 1 aliphatic heterocycles. The molecule has 7 heteroatoms. The SMILES string of the molecule is CN(CCC(=O)Nc1cccc([N+](=O)[O-])c1)C[C@@H]1CCCCO1. The fourth-order valence-electron chi connectivity index (χ4n) is 2.60. The van der Waals surface area contributed by atoms with Crippen LogP contribution in [0.4, 0.5) is 11.4 Å². The summed E-state index contributed by atoms with van der Waals surface area (Å²) in [6.45, 7) is 2.27. The molecule has 0 unspecified atom stereocenters. The summed E-state index contributed by atoms with van der Waals surface area (Å²) < 4.78 is 5.68. The van der Waals surface area contributed by atoms with Crippen LogP contribution in [0.3, 0.4) is 0 Å². The number of likely N-dealkylation sites (N-methyl/N-ethyl adjacent to an activating group) is 1. The van der Waals surface area contributed by atoms with E-state index in [9.17, 15) is 14.9 Å². The number of ether oxygens (including phenoxy) is 1. The van der Waals surface area contributed by atoms with E-state index in [0.29, 0.717) is 18.7 Å². The molecule has 2 rings (SSSR count). The number of nitro groups is 1. The van der Waals surface area contributed by atoms with Gasteiger partial charge in [0.1, 0.15) is 0 Å². The van der Waals surface area contributed by atoms with Crippen molar-refractivity contribution in [3.63, 3.8) is 0 Å². The molecule has 0 aromatic heterocycles. The van der Waals surface area contributed by atoms with Crippen LogP contribution in [-0.2, 0) is 9.53 Å². The molecule has 7 nitrogen and oxygen atoms in total. The second-order valence-electron chi connectivity index (χ2n) is 5.86. The smallest absolute Gasteiger partial charge is 0.271 e. The highest BCUT2D eigenvalue weighted by molar-refractivity contribution is 5.91. The van der Waals surface area contributed by atoms with E-state index in [1.54, 1.807) is 12.1 Å². The largest absolute Gasteiger partial charge is 0.377 e. The summed E-state index contributed by atoms with van der Waals surface area (Å²) in [6.07, 6.45) is 4.00. The van der Waals surface area contributed by atoms with Crippen molar-refractivity contribution in [1.82, 2.24) is 4.90 Å². The minimum atomic E-state index is -0.479. The molecule has 0 spiro atoms. The van der Waals surface area contributed by atoms with Crippen molar-refractivity contribution in [2.45, 2.75) is 31.8 Å². The maximum Gasteiger partial charge on any atom is 0.271 e. The number of anilines is 1. The number of carbonyl (C=O) groups is 1. The Labute approximate surface area is 135 Å². The van der Waals surface area contributed by atoms with E-state index in [0.717, 1.165) is 26.0 Å². The molecule has 23 heavy (non-hydrogen) atoms. The number of amides is 1. The van der Waals surface area contributed by atoms with Gasteiger partial charge in [-0.2, -0.15) is 0 Å². The lowest BCUT2D eigenvalue weighted by Gasteiger charge is -2.27. The first-order valence-electron chi connectivity index (χ1n) is 7.89. The first-order chi connectivity index (χ1) is 11.0. The Morgan fingerprint density at radius 2 is 2.30 bits per heavy atom. The van der Waals surface area contributed by atoms with Crippen LogP contribution in [0.1, 0.15) is 25.7 Å². The molecule has 0 radical (unpaired) electrons. The van der Waals surface area contributed by atoms with Gasteiger partial charge in [0.2, 0.25) is 5.91 Å². The van der Waals surface area contributed by atoms with E-state index >= 15 is 0 Å². The van der Waals surface area contributed by atoms with Crippen molar-refractivity contribution >= 4 is 17.3 Å². The number of hydrogen-bond donors (Lipinski definition) is 1. The van der Waals surface area contributed by atoms with Gasteiger partial charge in [-0.1, -0.05) is 6.07 Å². The topological polar surface area (TPSA) is 84.7 Å². The van der Waals surface area contributed by atoms with Gasteiger partial charge in [-0.3, -0.25) is 14.9 Å². The molecule has 1 aromatic rings. The van der Waals surface area contributed by atoms with Crippen LogP contribution in [0.5, 0.6) is 0 Å². The number of hydrogen-bond acceptors (Lipinski definition) is 5. The van der Waals surface area contributed by atoms with E-state index in [-0.39, 0.29) is 17.7 Å². The maximum atomic E-state index is 12.0. The van der Waals surface area contributed by atoms with Crippen molar-refractivity contribution in [3.8, 4) is 0 Å². The highest BCUT2D eigenvalue weighted by Gasteiger charge is 2.16. The molecule has 1 fully saturated rings. The van der Waals surface area contributed by atoms with Crippen molar-refractivity contribution in [3.05, 3.63) is 34.4 Å². The lowest BCUT2D eigenvalue weighted by atomic mass is 10.1. The zero-order valence-corrected chi connectivity index (χ0v) is 13.4. The predicted octanol–water partition coefficient (Wildman–Crippen LogP) is 2.42. The highest BCUT2D eigenvalue weighted by atomic mass is 16.6. The van der Waals surface area contributed by atoms with Gasteiger partial charge >= 0.3 is 0 Å². The number of nitro benzene ring substituents is 1. The normalized spacial score (nSPS) is 17.9. The molecular weight excluding hydrogens is 298 g/mol. The molecule has 0 bridgehead atoms. The van der Waals surface area contributed by atoms with E-state index in [2.05, 4.69) is 10.2 Å². The Morgan fingerprint density at radius 3 is 3.00 bits per heavy atom. The predicted molar refractivity (Wildman–Crippen MR) is 87.4 cm³/mol. The van der Waals surface area contributed by atoms with Gasteiger partial charge in [0, 0.05) is 43.9 Å². The van der Waals surface area contributed by atoms with E-state index in [1.165, 1.54) is 18.6 Å². The number of nitrogens with one attached hydrogen (secondary N) is 1. The fourth-order valence-corrected chi connectivity index (χ4v) is 2.60. The molecule has 1 amide bonds. The lowest BCUT2D eigenvalue weighted by Crippen LogP contribution is -2.35. The maximum absolute atomic E-state index is 12.0. The van der Waals surface area contributed by atoms with Gasteiger partial charge in [0.25, 0.3) is 5.69 Å². The number of nitrogens with zero attached hydrogens (tertiary/aromatic N) is 2. The summed E-state index contributed by atoms with van der Waals surface area (Å²) in [6, 6.07) is 5.95. The monoisotopic (exact) mass is 321 g/mol. The molecular formula is C16H23N3O4.